The summed E-state index contributed by atoms with van der Waals surface area (Å²) < 4.78 is 37.8. The number of methoxy groups -OCH3 is 1. The van der Waals surface area contributed by atoms with Gasteiger partial charge in [-0.25, -0.2) is 13.1 Å². The van der Waals surface area contributed by atoms with Gasteiger partial charge in [-0.2, -0.15) is 15.0 Å². The van der Waals surface area contributed by atoms with Crippen molar-refractivity contribution in [3.8, 4) is 6.01 Å². The minimum atomic E-state index is -3.67. The highest BCUT2D eigenvalue weighted by atomic mass is 32.2. The van der Waals surface area contributed by atoms with E-state index < -0.39 is 10.0 Å². The lowest BCUT2D eigenvalue weighted by Crippen LogP contribution is -2.27. The number of aromatic nitrogens is 4. The fraction of sp³-hybridized carbons (Fsp3) is 0.412. The first kappa shape index (κ1) is 18.6. The number of anilines is 1. The minimum Gasteiger partial charge on any atom is -0.467 e. The summed E-state index contributed by atoms with van der Waals surface area (Å²) in [5.74, 6) is 0.494. The van der Waals surface area contributed by atoms with Crippen LogP contribution in [0.15, 0.2) is 28.8 Å². The molecule has 0 saturated carbocycles. The van der Waals surface area contributed by atoms with Gasteiger partial charge in [0.1, 0.15) is 11.4 Å². The number of para-hydroxylation sites is 1. The van der Waals surface area contributed by atoms with Gasteiger partial charge in [0.15, 0.2) is 11.4 Å². The number of hydrogen-bond donors (Lipinski definition) is 1. The van der Waals surface area contributed by atoms with E-state index in [1.807, 2.05) is 4.90 Å². The third kappa shape index (κ3) is 4.04. The molecule has 0 amide bonds. The van der Waals surface area contributed by atoms with Gasteiger partial charge in [0.05, 0.1) is 13.7 Å². The van der Waals surface area contributed by atoms with Crippen molar-refractivity contribution in [2.75, 3.05) is 25.1 Å². The molecule has 28 heavy (non-hydrogen) atoms. The predicted octanol–water partition coefficient (Wildman–Crippen LogP) is 1.24. The Labute approximate surface area is 162 Å². The highest BCUT2D eigenvalue weighted by molar-refractivity contribution is 7.88. The van der Waals surface area contributed by atoms with E-state index in [2.05, 4.69) is 24.8 Å². The fourth-order valence-electron chi connectivity index (χ4n) is 3.06. The topological polar surface area (TPSA) is 123 Å². The van der Waals surface area contributed by atoms with Gasteiger partial charge in [0.25, 0.3) is 0 Å². The number of nitrogens with one attached hydrogen (secondary N) is 1. The zero-order valence-electron chi connectivity index (χ0n) is 15.3. The fourth-order valence-corrected chi connectivity index (χ4v) is 4.08. The zero-order chi connectivity index (χ0) is 19.6. The van der Waals surface area contributed by atoms with Crippen molar-refractivity contribution in [1.82, 2.24) is 24.8 Å². The van der Waals surface area contributed by atoms with Crippen LogP contribution in [-0.2, 0) is 22.3 Å². The maximum atomic E-state index is 12.5. The predicted molar refractivity (Wildman–Crippen MR) is 101 cm³/mol. The molecule has 0 atom stereocenters. The van der Waals surface area contributed by atoms with E-state index in [9.17, 15) is 8.42 Å². The standard InChI is InChI=1S/C17H20N6O4S/c1-26-17-20-15(19-16(21-17)23-8-4-5-9-23)10-18-28(24,25)11-13-12-6-2-3-7-14(12)27-22-13/h2-3,6-7,18H,4-5,8-11H2,1H3. The second-order valence-electron chi connectivity index (χ2n) is 6.44. The normalized spacial score (nSPS) is 14.7. The molecule has 148 valence electrons. The minimum absolute atomic E-state index is 0.0716. The van der Waals surface area contributed by atoms with E-state index >= 15 is 0 Å². The molecular formula is C17H20N6O4S. The van der Waals surface area contributed by atoms with Crippen LogP contribution in [0.3, 0.4) is 0 Å². The van der Waals surface area contributed by atoms with Crippen molar-refractivity contribution in [3.05, 3.63) is 35.8 Å². The highest BCUT2D eigenvalue weighted by Crippen LogP contribution is 2.20. The van der Waals surface area contributed by atoms with Crippen molar-refractivity contribution in [3.63, 3.8) is 0 Å². The van der Waals surface area contributed by atoms with Crippen LogP contribution in [0.2, 0.25) is 0 Å². The molecule has 1 aliphatic heterocycles. The zero-order valence-corrected chi connectivity index (χ0v) is 16.1. The molecule has 0 spiro atoms. The quantitative estimate of drug-likeness (QED) is 0.619. The second-order valence-corrected chi connectivity index (χ2v) is 8.24. The van der Waals surface area contributed by atoms with E-state index in [1.54, 1.807) is 24.3 Å². The van der Waals surface area contributed by atoms with E-state index in [0.717, 1.165) is 25.9 Å². The molecule has 0 aliphatic carbocycles. The van der Waals surface area contributed by atoms with Gasteiger partial charge in [-0.1, -0.05) is 17.3 Å². The first-order valence-corrected chi connectivity index (χ1v) is 10.5. The number of benzene rings is 1. The molecular weight excluding hydrogens is 384 g/mol. The lowest BCUT2D eigenvalue weighted by molar-refractivity contribution is 0.375. The highest BCUT2D eigenvalue weighted by Gasteiger charge is 2.20. The van der Waals surface area contributed by atoms with Gasteiger partial charge >= 0.3 is 6.01 Å². The summed E-state index contributed by atoms with van der Waals surface area (Å²) in [7, 11) is -2.21. The summed E-state index contributed by atoms with van der Waals surface area (Å²) >= 11 is 0. The van der Waals surface area contributed by atoms with Crippen molar-refractivity contribution >= 4 is 26.9 Å². The molecule has 0 unspecified atom stereocenters. The Morgan fingerprint density at radius 2 is 1.96 bits per heavy atom. The summed E-state index contributed by atoms with van der Waals surface area (Å²) in [5.41, 5.74) is 0.902. The summed E-state index contributed by atoms with van der Waals surface area (Å²) in [4.78, 5) is 14.8. The molecule has 1 aromatic carbocycles. The molecule has 4 rings (SSSR count). The smallest absolute Gasteiger partial charge is 0.321 e. The Bertz CT molecular complexity index is 1080. The first-order chi connectivity index (χ1) is 13.5. The van der Waals surface area contributed by atoms with Crippen LogP contribution in [-0.4, -0.2) is 48.7 Å². The molecule has 1 fully saturated rings. The number of hydrogen-bond acceptors (Lipinski definition) is 9. The number of sulfonamides is 1. The Hall–Kier alpha value is -2.79. The average molecular weight is 404 g/mol. The number of fused-ring (bicyclic) bond motifs is 1. The van der Waals surface area contributed by atoms with Gasteiger partial charge < -0.3 is 14.2 Å². The molecule has 0 radical (unpaired) electrons. The maximum absolute atomic E-state index is 12.5. The number of rotatable bonds is 7. The summed E-state index contributed by atoms with van der Waals surface area (Å²) in [6, 6.07) is 7.28. The Morgan fingerprint density at radius 3 is 2.75 bits per heavy atom. The van der Waals surface area contributed by atoms with Crippen molar-refractivity contribution < 1.29 is 17.7 Å². The molecule has 1 saturated heterocycles. The third-order valence-electron chi connectivity index (χ3n) is 4.45. The SMILES string of the molecule is COc1nc(CNS(=O)(=O)Cc2noc3ccccc23)nc(N2CCCC2)n1. The van der Waals surface area contributed by atoms with Crippen LogP contribution in [0.4, 0.5) is 5.95 Å². The van der Waals surface area contributed by atoms with Crippen LogP contribution in [0.25, 0.3) is 11.0 Å². The van der Waals surface area contributed by atoms with Crippen LogP contribution >= 0.6 is 0 Å². The number of nitrogens with zero attached hydrogens (tertiary/aromatic N) is 5. The van der Waals surface area contributed by atoms with E-state index in [4.69, 9.17) is 9.26 Å². The second kappa shape index (κ2) is 7.68. The van der Waals surface area contributed by atoms with Crippen molar-refractivity contribution in [1.29, 1.82) is 0 Å². The van der Waals surface area contributed by atoms with Gasteiger partial charge in [0, 0.05) is 18.5 Å². The Kier molecular flexibility index (Phi) is 5.09. The van der Waals surface area contributed by atoms with Crippen LogP contribution in [0, 0.1) is 0 Å². The average Bonchev–Trinajstić information content (AvgIpc) is 3.37. The van der Waals surface area contributed by atoms with Crippen LogP contribution < -0.4 is 14.4 Å². The first-order valence-electron chi connectivity index (χ1n) is 8.88. The third-order valence-corrected chi connectivity index (χ3v) is 5.69. The van der Waals surface area contributed by atoms with E-state index in [-0.39, 0.29) is 18.3 Å². The molecule has 10 nitrogen and oxygen atoms in total. The molecule has 3 heterocycles. The Balaban J connectivity index is 1.49. The summed E-state index contributed by atoms with van der Waals surface area (Å²) in [6.07, 6.45) is 2.14. The monoisotopic (exact) mass is 404 g/mol. The summed E-state index contributed by atoms with van der Waals surface area (Å²) in [6.45, 7) is 1.65. The van der Waals surface area contributed by atoms with Gasteiger partial charge in [-0.3, -0.25) is 0 Å². The molecule has 0 bridgehead atoms. The van der Waals surface area contributed by atoms with Crippen LogP contribution in [0.5, 0.6) is 6.01 Å². The molecule has 3 aromatic rings. The van der Waals surface area contributed by atoms with E-state index in [1.165, 1.54) is 7.11 Å². The van der Waals surface area contributed by atoms with E-state index in [0.29, 0.717) is 28.4 Å². The molecule has 1 N–H and O–H groups in total. The van der Waals surface area contributed by atoms with Crippen LogP contribution in [0.1, 0.15) is 24.4 Å². The Morgan fingerprint density at radius 1 is 1.18 bits per heavy atom. The summed E-state index contributed by atoms with van der Waals surface area (Å²) in [5, 5.41) is 4.54. The molecule has 11 heteroatoms. The maximum Gasteiger partial charge on any atom is 0.321 e. The largest absolute Gasteiger partial charge is 0.467 e. The van der Waals surface area contributed by atoms with Crippen molar-refractivity contribution in [2.24, 2.45) is 0 Å². The van der Waals surface area contributed by atoms with Gasteiger partial charge in [-0.15, -0.1) is 0 Å². The van der Waals surface area contributed by atoms with Gasteiger partial charge in [-0.05, 0) is 25.0 Å². The molecule has 1 aliphatic rings. The molecule has 2 aromatic heterocycles. The number of ether oxygens (including phenoxy) is 1. The lowest BCUT2D eigenvalue weighted by atomic mass is 10.2. The lowest BCUT2D eigenvalue weighted by Gasteiger charge is -2.16. The van der Waals surface area contributed by atoms with Crippen molar-refractivity contribution in [2.45, 2.75) is 25.1 Å². The van der Waals surface area contributed by atoms with Gasteiger partial charge in [0.2, 0.25) is 16.0 Å².